The Morgan fingerprint density at radius 3 is 2.87 bits per heavy atom. The zero-order valence-corrected chi connectivity index (χ0v) is 11.0. The molecule has 0 bridgehead atoms. The van der Waals surface area contributed by atoms with Crippen LogP contribution in [0.3, 0.4) is 0 Å². The second-order valence-corrected chi connectivity index (χ2v) is 4.49. The Balaban J connectivity index is 1.96. The van der Waals surface area contributed by atoms with Crippen LogP contribution in [0.25, 0.3) is 0 Å². The Bertz CT molecular complexity index is 260. The van der Waals surface area contributed by atoms with Gasteiger partial charge in [0.05, 0.1) is 0 Å². The lowest BCUT2D eigenvalue weighted by molar-refractivity contribution is 0.603. The lowest BCUT2D eigenvalue weighted by Crippen LogP contribution is -2.19. The first-order valence-corrected chi connectivity index (χ1v) is 6.70. The second kappa shape index (κ2) is 7.88. The van der Waals surface area contributed by atoms with E-state index in [2.05, 4.69) is 32.4 Å². The van der Waals surface area contributed by atoms with Crippen LogP contribution < -0.4 is 5.32 Å². The maximum atomic E-state index is 4.14. The van der Waals surface area contributed by atoms with E-state index in [0.717, 1.165) is 24.8 Å². The number of rotatable bonds is 8. The number of aromatic nitrogens is 2. The molecule has 0 amide bonds. The summed E-state index contributed by atoms with van der Waals surface area (Å²) in [5.41, 5.74) is 1.29. The second-order valence-electron chi connectivity index (χ2n) is 3.70. The molecular weight excluding hydrogens is 254 g/mol. The van der Waals surface area contributed by atoms with E-state index in [1.165, 1.54) is 25.0 Å². The molecule has 86 valence electrons. The molecule has 0 radical (unpaired) electrons. The smallest absolute Gasteiger partial charge is 0.0492 e. The van der Waals surface area contributed by atoms with Crippen LogP contribution in [0.5, 0.6) is 0 Å². The topological polar surface area (TPSA) is 29.9 Å². The van der Waals surface area contributed by atoms with Crippen molar-refractivity contribution >= 4 is 15.9 Å². The lowest BCUT2D eigenvalue weighted by atomic mass is 10.2. The lowest BCUT2D eigenvalue weighted by Gasteiger charge is -2.04. The summed E-state index contributed by atoms with van der Waals surface area (Å²) < 4.78 is 1.94. The van der Waals surface area contributed by atoms with Gasteiger partial charge >= 0.3 is 0 Å². The highest BCUT2D eigenvalue weighted by molar-refractivity contribution is 9.09. The van der Waals surface area contributed by atoms with E-state index in [9.17, 15) is 0 Å². The van der Waals surface area contributed by atoms with E-state index < -0.39 is 0 Å². The van der Waals surface area contributed by atoms with Gasteiger partial charge < -0.3 is 5.32 Å². The summed E-state index contributed by atoms with van der Waals surface area (Å²) in [5.74, 6) is 0. The van der Waals surface area contributed by atoms with Crippen LogP contribution in [0, 0.1) is 0 Å². The van der Waals surface area contributed by atoms with Crippen molar-refractivity contribution in [3.63, 3.8) is 0 Å². The van der Waals surface area contributed by atoms with Gasteiger partial charge in [0.1, 0.15) is 0 Å². The van der Waals surface area contributed by atoms with Gasteiger partial charge in [-0.25, -0.2) is 0 Å². The third kappa shape index (κ3) is 5.33. The molecular formula is C11H20BrN3. The summed E-state index contributed by atoms with van der Waals surface area (Å²) in [4.78, 5) is 0. The quantitative estimate of drug-likeness (QED) is 0.581. The first-order chi connectivity index (χ1) is 7.34. The minimum absolute atomic E-state index is 1.05. The first kappa shape index (κ1) is 12.7. The predicted molar refractivity (Wildman–Crippen MR) is 67.4 cm³/mol. The van der Waals surface area contributed by atoms with Crippen LogP contribution in [0.15, 0.2) is 12.3 Å². The van der Waals surface area contributed by atoms with Crippen molar-refractivity contribution in [1.82, 2.24) is 15.1 Å². The molecule has 1 rings (SSSR count). The Morgan fingerprint density at radius 2 is 2.20 bits per heavy atom. The zero-order chi connectivity index (χ0) is 10.9. The summed E-state index contributed by atoms with van der Waals surface area (Å²) in [5, 5.41) is 8.72. The molecule has 15 heavy (non-hydrogen) atoms. The molecule has 0 spiro atoms. The van der Waals surface area contributed by atoms with Crippen LogP contribution >= 0.6 is 15.9 Å². The Labute approximate surface area is 100 Å². The highest BCUT2D eigenvalue weighted by Gasteiger charge is 1.96. The highest BCUT2D eigenvalue weighted by atomic mass is 79.9. The molecule has 4 heteroatoms. The zero-order valence-electron chi connectivity index (χ0n) is 9.38. The highest BCUT2D eigenvalue weighted by Crippen LogP contribution is 1.98. The average molecular weight is 274 g/mol. The van der Waals surface area contributed by atoms with Crippen LogP contribution in [0.4, 0.5) is 0 Å². The normalized spacial score (nSPS) is 10.8. The summed E-state index contributed by atoms with van der Waals surface area (Å²) in [6.07, 6.45) is 6.78. The summed E-state index contributed by atoms with van der Waals surface area (Å²) in [6, 6.07) is 2.08. The maximum absolute atomic E-state index is 4.14. The van der Waals surface area contributed by atoms with Crippen LogP contribution in [-0.2, 0) is 13.5 Å². The standard InChI is InChI=1S/C11H20BrN3/c1-15-11(6-10-14-15)5-9-13-8-4-2-3-7-12/h6,10,13H,2-5,7-9H2,1H3. The molecule has 0 aromatic carbocycles. The molecule has 1 aromatic heterocycles. The van der Waals surface area contributed by atoms with E-state index in [-0.39, 0.29) is 0 Å². The van der Waals surface area contributed by atoms with E-state index in [1.54, 1.807) is 0 Å². The molecule has 1 heterocycles. The third-order valence-corrected chi connectivity index (χ3v) is 3.03. The fraction of sp³-hybridized carbons (Fsp3) is 0.727. The van der Waals surface area contributed by atoms with Crippen molar-refractivity contribution in [2.75, 3.05) is 18.4 Å². The maximum Gasteiger partial charge on any atom is 0.0492 e. The largest absolute Gasteiger partial charge is 0.316 e. The first-order valence-electron chi connectivity index (χ1n) is 5.58. The van der Waals surface area contributed by atoms with E-state index in [1.807, 2.05) is 17.9 Å². The number of hydrogen-bond donors (Lipinski definition) is 1. The van der Waals surface area contributed by atoms with Gasteiger partial charge in [0, 0.05) is 37.2 Å². The molecule has 1 aromatic rings. The number of alkyl halides is 1. The molecule has 0 saturated heterocycles. The van der Waals surface area contributed by atoms with Crippen LogP contribution in [0.1, 0.15) is 25.0 Å². The number of halogens is 1. The van der Waals surface area contributed by atoms with Crippen molar-refractivity contribution in [1.29, 1.82) is 0 Å². The molecule has 0 aliphatic carbocycles. The fourth-order valence-electron chi connectivity index (χ4n) is 1.51. The average Bonchev–Trinajstić information content (AvgIpc) is 2.63. The number of nitrogens with zero attached hydrogens (tertiary/aromatic N) is 2. The van der Waals surface area contributed by atoms with Gasteiger partial charge in [-0.15, -0.1) is 0 Å². The minimum Gasteiger partial charge on any atom is -0.316 e. The van der Waals surface area contributed by atoms with Gasteiger partial charge in [-0.3, -0.25) is 4.68 Å². The third-order valence-electron chi connectivity index (χ3n) is 2.47. The van der Waals surface area contributed by atoms with Gasteiger partial charge in [0.15, 0.2) is 0 Å². The number of unbranched alkanes of at least 4 members (excludes halogenated alkanes) is 2. The molecule has 0 aliphatic rings. The predicted octanol–water partition coefficient (Wildman–Crippen LogP) is 2.12. The van der Waals surface area contributed by atoms with Crippen molar-refractivity contribution in [3.8, 4) is 0 Å². The van der Waals surface area contributed by atoms with Crippen molar-refractivity contribution < 1.29 is 0 Å². The number of hydrogen-bond acceptors (Lipinski definition) is 2. The SMILES string of the molecule is Cn1nccc1CCNCCCCCBr. The molecule has 0 atom stereocenters. The van der Waals surface area contributed by atoms with Gasteiger partial charge in [-0.2, -0.15) is 5.10 Å². The summed E-state index contributed by atoms with van der Waals surface area (Å²) >= 11 is 3.44. The van der Waals surface area contributed by atoms with Crippen molar-refractivity contribution in [3.05, 3.63) is 18.0 Å². The Hall–Kier alpha value is -0.350. The molecule has 3 nitrogen and oxygen atoms in total. The van der Waals surface area contributed by atoms with Crippen LogP contribution in [-0.4, -0.2) is 28.2 Å². The number of nitrogens with one attached hydrogen (secondary N) is 1. The van der Waals surface area contributed by atoms with Crippen molar-refractivity contribution in [2.45, 2.75) is 25.7 Å². The van der Waals surface area contributed by atoms with Gasteiger partial charge in [-0.1, -0.05) is 22.4 Å². The summed E-state index contributed by atoms with van der Waals surface area (Å²) in [7, 11) is 1.99. The van der Waals surface area contributed by atoms with Gasteiger partial charge in [-0.05, 0) is 25.5 Å². The van der Waals surface area contributed by atoms with E-state index in [0.29, 0.717) is 0 Å². The van der Waals surface area contributed by atoms with Gasteiger partial charge in [0.25, 0.3) is 0 Å². The summed E-state index contributed by atoms with van der Waals surface area (Å²) in [6.45, 7) is 2.18. The Kier molecular flexibility index (Phi) is 6.68. The Morgan fingerprint density at radius 1 is 1.33 bits per heavy atom. The number of aryl methyl sites for hydroxylation is 1. The molecule has 0 saturated carbocycles. The van der Waals surface area contributed by atoms with Crippen LogP contribution in [0.2, 0.25) is 0 Å². The molecule has 0 fully saturated rings. The van der Waals surface area contributed by atoms with E-state index >= 15 is 0 Å². The van der Waals surface area contributed by atoms with E-state index in [4.69, 9.17) is 0 Å². The molecule has 0 aliphatic heterocycles. The van der Waals surface area contributed by atoms with Crippen molar-refractivity contribution in [2.24, 2.45) is 7.05 Å². The molecule has 1 N–H and O–H groups in total. The monoisotopic (exact) mass is 273 g/mol. The van der Waals surface area contributed by atoms with Gasteiger partial charge in [0.2, 0.25) is 0 Å². The minimum atomic E-state index is 1.05. The molecule has 0 unspecified atom stereocenters. The fourth-order valence-corrected chi connectivity index (χ4v) is 1.91.